The summed E-state index contributed by atoms with van der Waals surface area (Å²) < 4.78 is 2.19. The molecule has 2 aromatic rings. The molecule has 0 saturated carbocycles. The molecule has 7 heteroatoms. The Morgan fingerprint density at radius 3 is 2.73 bits per heavy atom. The van der Waals surface area contributed by atoms with E-state index in [-0.39, 0.29) is 5.88 Å². The van der Waals surface area contributed by atoms with Gasteiger partial charge in [-0.25, -0.2) is 4.99 Å². The zero-order valence-electron chi connectivity index (χ0n) is 11.4. The summed E-state index contributed by atoms with van der Waals surface area (Å²) in [5, 5.41) is 12.6. The van der Waals surface area contributed by atoms with Crippen molar-refractivity contribution in [3.8, 4) is 5.88 Å². The Balaban J connectivity index is 1.91. The number of fused-ring (bicyclic) bond motifs is 1. The first-order valence-electron chi connectivity index (χ1n) is 6.28. The van der Waals surface area contributed by atoms with Gasteiger partial charge < -0.3 is 5.11 Å². The molecule has 2 heterocycles. The second-order valence-corrected chi connectivity index (χ2v) is 7.14. The third-order valence-corrected chi connectivity index (χ3v) is 5.38. The third-order valence-electron chi connectivity index (χ3n) is 3.15. The van der Waals surface area contributed by atoms with Crippen molar-refractivity contribution in [2.24, 2.45) is 12.0 Å². The Bertz CT molecular complexity index is 957. The molecule has 0 radical (unpaired) electrons. The van der Waals surface area contributed by atoms with Crippen LogP contribution in [0.25, 0.3) is 12.2 Å². The summed E-state index contributed by atoms with van der Waals surface area (Å²) in [6.07, 6.45) is 7.40. The number of benzene rings is 1. The number of hydrogen-bond donors (Lipinski definition) is 1. The second kappa shape index (κ2) is 6.01. The Morgan fingerprint density at radius 1 is 1.32 bits per heavy atom. The summed E-state index contributed by atoms with van der Waals surface area (Å²) in [5.74, 6) is 0.166. The van der Waals surface area contributed by atoms with Gasteiger partial charge in [-0.1, -0.05) is 29.3 Å². The quantitative estimate of drug-likeness (QED) is 0.817. The van der Waals surface area contributed by atoms with Gasteiger partial charge in [-0.3, -0.25) is 4.57 Å². The van der Waals surface area contributed by atoms with Crippen LogP contribution < -0.4 is 10.6 Å². The maximum absolute atomic E-state index is 9.89. The average Bonchev–Trinajstić information content (AvgIpc) is 2.96. The van der Waals surface area contributed by atoms with E-state index in [0.29, 0.717) is 18.9 Å². The first-order chi connectivity index (χ1) is 10.5. The highest BCUT2D eigenvalue weighted by atomic mass is 35.5. The molecule has 112 valence electrons. The molecule has 3 rings (SSSR count). The number of rotatable bonds is 2. The van der Waals surface area contributed by atoms with Crippen molar-refractivity contribution < 1.29 is 5.11 Å². The summed E-state index contributed by atoms with van der Waals surface area (Å²) in [4.78, 5) is 5.17. The molecule has 0 saturated heterocycles. The van der Waals surface area contributed by atoms with Gasteiger partial charge in [-0.05, 0) is 42.6 Å². The minimum atomic E-state index is 0.166. The number of thiazole rings is 1. The largest absolute Gasteiger partial charge is 0.493 e. The van der Waals surface area contributed by atoms with Crippen LogP contribution >= 0.6 is 46.8 Å². The van der Waals surface area contributed by atoms with Crippen LogP contribution in [0, 0.1) is 3.95 Å². The summed E-state index contributed by atoms with van der Waals surface area (Å²) in [6.45, 7) is 0. The van der Waals surface area contributed by atoms with Crippen molar-refractivity contribution >= 4 is 58.9 Å². The molecule has 3 nitrogen and oxygen atoms in total. The molecule has 0 amide bonds. The first-order valence-corrected chi connectivity index (χ1v) is 8.26. The maximum atomic E-state index is 9.89. The van der Waals surface area contributed by atoms with Crippen molar-refractivity contribution in [2.75, 3.05) is 0 Å². The van der Waals surface area contributed by atoms with E-state index in [9.17, 15) is 5.11 Å². The molecule has 0 spiro atoms. The van der Waals surface area contributed by atoms with E-state index in [1.54, 1.807) is 29.8 Å². The summed E-state index contributed by atoms with van der Waals surface area (Å²) in [7, 11) is 1.73. The zero-order valence-corrected chi connectivity index (χ0v) is 14.5. The smallest absolute Gasteiger partial charge is 0.210 e. The van der Waals surface area contributed by atoms with Crippen molar-refractivity contribution in [1.29, 1.82) is 0 Å². The SMILES string of the molecule is Cn1c(O)c(/C=C/C=C2\C=c3cc(Cl)c(Cl)cc3=N2)sc1=S. The predicted octanol–water partition coefficient (Wildman–Crippen LogP) is 3.84. The van der Waals surface area contributed by atoms with Crippen molar-refractivity contribution in [2.45, 2.75) is 0 Å². The molecule has 1 aromatic carbocycles. The molecule has 0 bridgehead atoms. The minimum Gasteiger partial charge on any atom is -0.493 e. The van der Waals surface area contributed by atoms with Crippen LogP contribution in [0.3, 0.4) is 0 Å². The fourth-order valence-corrected chi connectivity index (χ4v) is 3.45. The topological polar surface area (TPSA) is 37.5 Å². The van der Waals surface area contributed by atoms with Gasteiger partial charge in [0.2, 0.25) is 5.88 Å². The van der Waals surface area contributed by atoms with Gasteiger partial charge in [0.25, 0.3) is 0 Å². The fourth-order valence-electron chi connectivity index (χ4n) is 1.98. The van der Waals surface area contributed by atoms with E-state index in [1.807, 2.05) is 18.2 Å². The van der Waals surface area contributed by atoms with Crippen molar-refractivity contribution in [1.82, 2.24) is 4.57 Å². The van der Waals surface area contributed by atoms with Gasteiger partial charge in [-0.2, -0.15) is 0 Å². The van der Waals surface area contributed by atoms with Gasteiger partial charge >= 0.3 is 0 Å². The maximum Gasteiger partial charge on any atom is 0.210 e. The Labute approximate surface area is 145 Å². The summed E-state index contributed by atoms with van der Waals surface area (Å²) in [5.41, 5.74) is 0.795. The van der Waals surface area contributed by atoms with Crippen LogP contribution in [0.1, 0.15) is 4.88 Å². The van der Waals surface area contributed by atoms with Gasteiger partial charge in [0, 0.05) is 12.3 Å². The second-order valence-electron chi connectivity index (χ2n) is 4.65. The summed E-state index contributed by atoms with van der Waals surface area (Å²) in [6, 6.07) is 3.54. The lowest BCUT2D eigenvalue weighted by Gasteiger charge is -1.92. The average molecular weight is 369 g/mol. The minimum absolute atomic E-state index is 0.166. The van der Waals surface area contributed by atoms with Gasteiger partial charge in [0.05, 0.1) is 26.0 Å². The van der Waals surface area contributed by atoms with E-state index >= 15 is 0 Å². The highest BCUT2D eigenvalue weighted by Crippen LogP contribution is 2.26. The normalized spacial score (nSPS) is 15.1. The molecule has 0 atom stereocenters. The molecule has 1 N–H and O–H groups in total. The highest BCUT2D eigenvalue weighted by molar-refractivity contribution is 7.73. The number of halogens is 2. The third kappa shape index (κ3) is 2.90. The van der Waals surface area contributed by atoms with Gasteiger partial charge in [0.15, 0.2) is 3.95 Å². The molecule has 0 fully saturated rings. The lowest BCUT2D eigenvalue weighted by molar-refractivity contribution is 0.430. The Hall–Kier alpha value is -1.40. The summed E-state index contributed by atoms with van der Waals surface area (Å²) >= 11 is 18.4. The van der Waals surface area contributed by atoms with Crippen molar-refractivity contribution in [3.63, 3.8) is 0 Å². The molecule has 0 unspecified atom stereocenters. The van der Waals surface area contributed by atoms with E-state index < -0.39 is 0 Å². The molecule has 22 heavy (non-hydrogen) atoms. The van der Waals surface area contributed by atoms with Crippen LogP contribution in [0.5, 0.6) is 5.88 Å². The van der Waals surface area contributed by atoms with Crippen LogP contribution in [-0.2, 0) is 7.05 Å². The van der Waals surface area contributed by atoms with Gasteiger partial charge in [-0.15, -0.1) is 11.3 Å². The monoisotopic (exact) mass is 368 g/mol. The fraction of sp³-hybridized carbons (Fsp3) is 0.0667. The number of aromatic nitrogens is 1. The lowest BCUT2D eigenvalue weighted by Crippen LogP contribution is -2.20. The first kappa shape index (κ1) is 15.5. The van der Waals surface area contributed by atoms with Crippen LogP contribution in [0.2, 0.25) is 10.0 Å². The molecule has 1 aliphatic heterocycles. The molecular formula is C15H10Cl2N2OS2. The number of nitrogens with zero attached hydrogens (tertiary/aromatic N) is 2. The number of hydrogen-bond acceptors (Lipinski definition) is 4. The standard InChI is InChI=1S/C15H10Cl2N2OS2/c1-19-14(20)13(22-15(19)21)4-2-3-9-5-8-6-10(16)11(17)7-12(8)18-9/h2-7,20H,1H3/b4-2+,9-3+. The van der Waals surface area contributed by atoms with E-state index in [2.05, 4.69) is 4.99 Å². The van der Waals surface area contributed by atoms with E-state index in [0.717, 1.165) is 16.3 Å². The van der Waals surface area contributed by atoms with E-state index in [4.69, 9.17) is 35.4 Å². The molecule has 1 aliphatic rings. The van der Waals surface area contributed by atoms with Crippen LogP contribution in [0.15, 0.2) is 35.0 Å². The predicted molar refractivity (Wildman–Crippen MR) is 94.6 cm³/mol. The molecular weight excluding hydrogens is 359 g/mol. The Kier molecular flexibility index (Phi) is 4.23. The van der Waals surface area contributed by atoms with Crippen molar-refractivity contribution in [3.05, 3.63) is 59.4 Å². The molecule has 0 aliphatic carbocycles. The zero-order chi connectivity index (χ0) is 15.9. The van der Waals surface area contributed by atoms with Gasteiger partial charge in [0.1, 0.15) is 0 Å². The van der Waals surface area contributed by atoms with Crippen LogP contribution in [-0.4, -0.2) is 9.67 Å². The Morgan fingerprint density at radius 2 is 2.05 bits per heavy atom. The highest BCUT2D eigenvalue weighted by Gasteiger charge is 2.06. The number of allylic oxidation sites excluding steroid dienone is 3. The molecule has 1 aromatic heterocycles. The lowest BCUT2D eigenvalue weighted by atomic mass is 10.2. The number of aromatic hydroxyl groups is 1. The van der Waals surface area contributed by atoms with Crippen LogP contribution in [0.4, 0.5) is 0 Å². The van der Waals surface area contributed by atoms with E-state index in [1.165, 1.54) is 11.3 Å².